The zero-order valence-corrected chi connectivity index (χ0v) is 14.1. The molecule has 0 aliphatic carbocycles. The van der Waals surface area contributed by atoms with Crippen LogP contribution in [0.1, 0.15) is 26.7 Å². The van der Waals surface area contributed by atoms with Gasteiger partial charge in [0.15, 0.2) is 0 Å². The molecule has 2 rings (SSSR count). The first-order chi connectivity index (χ1) is 10.0. The Morgan fingerprint density at radius 1 is 1.48 bits per heavy atom. The molecule has 1 aliphatic rings. The molecule has 5 nitrogen and oxygen atoms in total. The highest BCUT2D eigenvalue weighted by Crippen LogP contribution is 2.30. The Bertz CT molecular complexity index is 502. The fourth-order valence-corrected chi connectivity index (χ4v) is 3.26. The quantitative estimate of drug-likeness (QED) is 0.642. The Morgan fingerprint density at radius 3 is 2.71 bits per heavy atom. The van der Waals surface area contributed by atoms with Crippen LogP contribution < -0.4 is 5.32 Å². The Balaban J connectivity index is 2.03. The second-order valence-electron chi connectivity index (χ2n) is 5.62. The molecule has 0 saturated carbocycles. The third kappa shape index (κ3) is 4.17. The first-order valence-corrected chi connectivity index (χ1v) is 8.23. The largest absolute Gasteiger partial charge is 0.377 e. The van der Waals surface area contributed by atoms with Gasteiger partial charge in [0.1, 0.15) is 5.69 Å². The predicted octanol–water partition coefficient (Wildman–Crippen LogP) is 3.89. The molecule has 0 spiro atoms. The van der Waals surface area contributed by atoms with Crippen LogP contribution in [0.15, 0.2) is 22.7 Å². The number of rotatable bonds is 5. The third-order valence-corrected chi connectivity index (χ3v) is 4.82. The lowest BCUT2D eigenvalue weighted by Gasteiger charge is -2.34. The van der Waals surface area contributed by atoms with Gasteiger partial charge in [0.2, 0.25) is 0 Å². The van der Waals surface area contributed by atoms with E-state index in [4.69, 9.17) is 0 Å². The van der Waals surface area contributed by atoms with E-state index in [0.717, 1.165) is 36.9 Å². The maximum atomic E-state index is 11.2. The Labute approximate surface area is 134 Å². The van der Waals surface area contributed by atoms with Gasteiger partial charge in [0.05, 0.1) is 4.92 Å². The van der Waals surface area contributed by atoms with E-state index >= 15 is 0 Å². The molecule has 0 aromatic heterocycles. The van der Waals surface area contributed by atoms with Crippen LogP contribution in [-0.4, -0.2) is 35.5 Å². The number of nitro benzene ring substituents is 1. The van der Waals surface area contributed by atoms with E-state index in [-0.39, 0.29) is 16.7 Å². The van der Waals surface area contributed by atoms with Crippen LogP contribution in [0.2, 0.25) is 0 Å². The molecular weight excluding hydrogens is 334 g/mol. The molecule has 0 amide bonds. The van der Waals surface area contributed by atoms with E-state index in [1.54, 1.807) is 12.1 Å². The summed E-state index contributed by atoms with van der Waals surface area (Å²) in [4.78, 5) is 13.3. The Kier molecular flexibility index (Phi) is 5.58. The predicted molar refractivity (Wildman–Crippen MR) is 88.7 cm³/mol. The molecule has 1 saturated heterocycles. The average molecular weight is 356 g/mol. The van der Waals surface area contributed by atoms with E-state index in [1.165, 1.54) is 0 Å². The number of hydrogen-bond acceptors (Lipinski definition) is 4. The van der Waals surface area contributed by atoms with Crippen molar-refractivity contribution in [3.05, 3.63) is 32.8 Å². The number of nitro groups is 1. The molecule has 0 radical (unpaired) electrons. The lowest BCUT2D eigenvalue weighted by Crippen LogP contribution is -2.39. The van der Waals surface area contributed by atoms with Gasteiger partial charge in [-0.15, -0.1) is 0 Å². The van der Waals surface area contributed by atoms with Crippen molar-refractivity contribution in [3.63, 3.8) is 0 Å². The van der Waals surface area contributed by atoms with Crippen molar-refractivity contribution < 1.29 is 4.92 Å². The average Bonchev–Trinajstić information content (AvgIpc) is 2.49. The maximum absolute atomic E-state index is 11.2. The van der Waals surface area contributed by atoms with Crippen molar-refractivity contribution in [2.75, 3.05) is 25.0 Å². The second kappa shape index (κ2) is 7.22. The molecule has 21 heavy (non-hydrogen) atoms. The minimum absolute atomic E-state index is 0.127. The number of nitrogens with one attached hydrogen (secondary N) is 1. The molecule has 6 heteroatoms. The fraction of sp³-hybridized carbons (Fsp3) is 0.600. The lowest BCUT2D eigenvalue weighted by molar-refractivity contribution is -0.384. The topological polar surface area (TPSA) is 58.4 Å². The summed E-state index contributed by atoms with van der Waals surface area (Å²) < 4.78 is 0.726. The summed E-state index contributed by atoms with van der Waals surface area (Å²) in [5.74, 6) is 0.566. The van der Waals surface area contributed by atoms with Gasteiger partial charge in [-0.3, -0.25) is 10.1 Å². The standard InChI is InChI=1S/C15H22BrN3O2/c1-3-18-8-6-12(7-9-18)11(2)17-14-5-4-13(16)10-15(14)19(20)21/h4-5,10-12,17H,3,6-9H2,1-2H3. The number of anilines is 1. The van der Waals surface area contributed by atoms with Crippen molar-refractivity contribution in [1.82, 2.24) is 4.90 Å². The zero-order valence-electron chi connectivity index (χ0n) is 12.5. The normalized spacial score (nSPS) is 18.4. The monoisotopic (exact) mass is 355 g/mol. The van der Waals surface area contributed by atoms with Gasteiger partial charge >= 0.3 is 0 Å². The molecule has 1 heterocycles. The second-order valence-corrected chi connectivity index (χ2v) is 6.54. The smallest absolute Gasteiger partial charge is 0.293 e. The minimum Gasteiger partial charge on any atom is -0.377 e. The van der Waals surface area contributed by atoms with Gasteiger partial charge in [-0.2, -0.15) is 0 Å². The van der Waals surface area contributed by atoms with E-state index in [0.29, 0.717) is 11.6 Å². The van der Waals surface area contributed by atoms with Gasteiger partial charge in [0, 0.05) is 16.6 Å². The van der Waals surface area contributed by atoms with Crippen LogP contribution in [0.3, 0.4) is 0 Å². The minimum atomic E-state index is -0.334. The van der Waals surface area contributed by atoms with Crippen molar-refractivity contribution in [1.29, 1.82) is 0 Å². The summed E-state index contributed by atoms with van der Waals surface area (Å²) in [7, 11) is 0. The molecule has 116 valence electrons. The first kappa shape index (κ1) is 16.2. The van der Waals surface area contributed by atoms with Gasteiger partial charge in [-0.25, -0.2) is 0 Å². The first-order valence-electron chi connectivity index (χ1n) is 7.44. The molecule has 1 aliphatic heterocycles. The van der Waals surface area contributed by atoms with Crippen LogP contribution in [0.25, 0.3) is 0 Å². The van der Waals surface area contributed by atoms with Crippen molar-refractivity contribution in [2.45, 2.75) is 32.7 Å². The van der Waals surface area contributed by atoms with Gasteiger partial charge in [-0.05, 0) is 57.5 Å². The summed E-state index contributed by atoms with van der Waals surface area (Å²) >= 11 is 3.28. The molecule has 1 N–H and O–H groups in total. The maximum Gasteiger partial charge on any atom is 0.293 e. The van der Waals surface area contributed by atoms with E-state index in [9.17, 15) is 10.1 Å². The van der Waals surface area contributed by atoms with Crippen LogP contribution in [0, 0.1) is 16.0 Å². The molecule has 1 fully saturated rings. The fourth-order valence-electron chi connectivity index (χ4n) is 2.91. The van der Waals surface area contributed by atoms with Crippen LogP contribution >= 0.6 is 15.9 Å². The lowest BCUT2D eigenvalue weighted by atomic mass is 9.90. The van der Waals surface area contributed by atoms with Gasteiger partial charge in [0.25, 0.3) is 5.69 Å². The van der Waals surface area contributed by atoms with E-state index < -0.39 is 0 Å². The van der Waals surface area contributed by atoms with Gasteiger partial charge < -0.3 is 10.2 Å². The zero-order chi connectivity index (χ0) is 15.4. The van der Waals surface area contributed by atoms with E-state index in [1.807, 2.05) is 6.07 Å². The molecule has 1 aromatic carbocycles. The number of likely N-dealkylation sites (tertiary alicyclic amines) is 1. The highest BCUT2D eigenvalue weighted by Gasteiger charge is 2.25. The molecular formula is C15H22BrN3O2. The molecule has 0 bridgehead atoms. The number of piperidine rings is 1. The van der Waals surface area contributed by atoms with Crippen molar-refractivity contribution >= 4 is 27.3 Å². The molecule has 1 unspecified atom stereocenters. The van der Waals surface area contributed by atoms with Crippen molar-refractivity contribution in [3.8, 4) is 0 Å². The highest BCUT2D eigenvalue weighted by atomic mass is 79.9. The van der Waals surface area contributed by atoms with Crippen LogP contribution in [0.5, 0.6) is 0 Å². The molecule has 1 aromatic rings. The summed E-state index contributed by atoms with van der Waals surface area (Å²) in [5, 5.41) is 14.5. The SMILES string of the molecule is CCN1CCC(C(C)Nc2ccc(Br)cc2[N+](=O)[O-])CC1. The highest BCUT2D eigenvalue weighted by molar-refractivity contribution is 9.10. The van der Waals surface area contributed by atoms with Crippen molar-refractivity contribution in [2.24, 2.45) is 5.92 Å². The number of hydrogen-bond donors (Lipinski definition) is 1. The third-order valence-electron chi connectivity index (χ3n) is 4.33. The Hall–Kier alpha value is -1.14. The van der Waals surface area contributed by atoms with E-state index in [2.05, 4.69) is 40.0 Å². The number of nitrogens with zero attached hydrogens (tertiary/aromatic N) is 2. The van der Waals surface area contributed by atoms with Gasteiger partial charge in [-0.1, -0.05) is 22.9 Å². The summed E-state index contributed by atoms with van der Waals surface area (Å²) in [6.07, 6.45) is 2.29. The summed E-state index contributed by atoms with van der Waals surface area (Å²) in [5.41, 5.74) is 0.732. The summed E-state index contributed by atoms with van der Waals surface area (Å²) in [6.45, 7) is 7.66. The van der Waals surface area contributed by atoms with Crippen LogP contribution in [0.4, 0.5) is 11.4 Å². The van der Waals surface area contributed by atoms with Crippen LogP contribution in [-0.2, 0) is 0 Å². The number of benzene rings is 1. The molecule has 1 atom stereocenters. The summed E-state index contributed by atoms with van der Waals surface area (Å²) in [6, 6.07) is 5.40. The Morgan fingerprint density at radius 2 is 2.14 bits per heavy atom. The number of halogens is 1.